The first-order valence-corrected chi connectivity index (χ1v) is 9.19. The molecule has 28 heavy (non-hydrogen) atoms. The molecule has 0 saturated carbocycles. The summed E-state index contributed by atoms with van der Waals surface area (Å²) in [5.41, 5.74) is 1.91. The molecule has 3 rings (SSSR count). The van der Waals surface area contributed by atoms with E-state index in [2.05, 4.69) is 21.4 Å². The Kier molecular flexibility index (Phi) is 6.13. The van der Waals surface area contributed by atoms with Crippen molar-refractivity contribution in [2.75, 3.05) is 32.2 Å². The summed E-state index contributed by atoms with van der Waals surface area (Å²) in [7, 11) is 2.95. The van der Waals surface area contributed by atoms with Crippen molar-refractivity contribution < 1.29 is 19.0 Å². The summed E-state index contributed by atoms with van der Waals surface area (Å²) in [6.45, 7) is 7.35. The molecule has 0 amide bonds. The number of methoxy groups -OCH3 is 2. The van der Waals surface area contributed by atoms with Crippen LogP contribution in [0.3, 0.4) is 0 Å². The fourth-order valence-electron chi connectivity index (χ4n) is 3.30. The third-order valence-corrected chi connectivity index (χ3v) is 4.78. The van der Waals surface area contributed by atoms with E-state index in [9.17, 15) is 4.79 Å². The van der Waals surface area contributed by atoms with Crippen LogP contribution in [0, 0.1) is 6.92 Å². The second-order valence-corrected chi connectivity index (χ2v) is 6.60. The summed E-state index contributed by atoms with van der Waals surface area (Å²) in [4.78, 5) is 23.0. The van der Waals surface area contributed by atoms with Gasteiger partial charge in [0.25, 0.3) is 0 Å². The number of ether oxygens (including phenoxy) is 3. The highest BCUT2D eigenvalue weighted by molar-refractivity contribution is 5.93. The zero-order valence-electron chi connectivity index (χ0n) is 16.5. The normalized spacial score (nSPS) is 14.5. The predicted molar refractivity (Wildman–Crippen MR) is 107 cm³/mol. The number of hydrogen-bond acceptors (Lipinski definition) is 7. The van der Waals surface area contributed by atoms with Gasteiger partial charge in [0, 0.05) is 32.0 Å². The van der Waals surface area contributed by atoms with Gasteiger partial charge in [-0.05, 0) is 30.7 Å². The van der Waals surface area contributed by atoms with Crippen LogP contribution in [0.4, 0.5) is 5.82 Å². The van der Waals surface area contributed by atoms with Crippen LogP contribution < -0.4 is 14.4 Å². The standard InChI is InChI=1S/C21H25N3O4/c1-5-18-17(21(25)27-4)12-14(2)20(23-18)24-10-8-15(9-11-24)28-16-6-7-19(26-3)22-13-16/h5-7,12-13,15H,1,8-11H2,2-4H3. The molecule has 148 valence electrons. The highest BCUT2D eigenvalue weighted by Gasteiger charge is 2.24. The molecule has 0 atom stereocenters. The maximum absolute atomic E-state index is 11.9. The summed E-state index contributed by atoms with van der Waals surface area (Å²) < 4.78 is 15.9. The number of carbonyl (C=O) groups excluding carboxylic acids is 1. The van der Waals surface area contributed by atoms with Crippen molar-refractivity contribution in [2.45, 2.75) is 25.9 Å². The van der Waals surface area contributed by atoms with Gasteiger partial charge in [-0.15, -0.1) is 0 Å². The van der Waals surface area contributed by atoms with E-state index in [1.807, 2.05) is 19.1 Å². The van der Waals surface area contributed by atoms with Gasteiger partial charge in [0.1, 0.15) is 17.7 Å². The SMILES string of the molecule is C=Cc1nc(N2CCC(Oc3ccc(OC)nc3)CC2)c(C)cc1C(=O)OC. The Morgan fingerprint density at radius 3 is 2.61 bits per heavy atom. The van der Waals surface area contributed by atoms with Crippen molar-refractivity contribution in [3.63, 3.8) is 0 Å². The average molecular weight is 383 g/mol. The lowest BCUT2D eigenvalue weighted by molar-refractivity contribution is 0.0600. The number of piperidine rings is 1. The number of aromatic nitrogens is 2. The first-order chi connectivity index (χ1) is 13.5. The molecule has 1 fully saturated rings. The number of carbonyl (C=O) groups is 1. The smallest absolute Gasteiger partial charge is 0.340 e. The second-order valence-electron chi connectivity index (χ2n) is 6.60. The van der Waals surface area contributed by atoms with E-state index in [0.717, 1.165) is 43.1 Å². The summed E-state index contributed by atoms with van der Waals surface area (Å²) in [6.07, 6.45) is 5.13. The highest BCUT2D eigenvalue weighted by atomic mass is 16.5. The maximum Gasteiger partial charge on any atom is 0.340 e. The number of hydrogen-bond donors (Lipinski definition) is 0. The van der Waals surface area contributed by atoms with Crippen LogP contribution in [0.2, 0.25) is 0 Å². The number of pyridine rings is 2. The van der Waals surface area contributed by atoms with Gasteiger partial charge in [-0.1, -0.05) is 6.58 Å². The van der Waals surface area contributed by atoms with Crippen LogP contribution in [0.25, 0.3) is 6.08 Å². The summed E-state index contributed by atoms with van der Waals surface area (Å²) in [5.74, 6) is 1.77. The highest BCUT2D eigenvalue weighted by Crippen LogP contribution is 2.27. The summed E-state index contributed by atoms with van der Waals surface area (Å²) >= 11 is 0. The molecule has 0 aliphatic carbocycles. The van der Waals surface area contributed by atoms with Crippen LogP contribution in [0.1, 0.15) is 34.5 Å². The molecule has 0 aromatic carbocycles. The molecule has 0 N–H and O–H groups in total. The van der Waals surface area contributed by atoms with Crippen LogP contribution in [-0.4, -0.2) is 49.4 Å². The van der Waals surface area contributed by atoms with E-state index in [1.165, 1.54) is 7.11 Å². The van der Waals surface area contributed by atoms with E-state index in [4.69, 9.17) is 14.2 Å². The number of nitrogens with zero attached hydrogens (tertiary/aromatic N) is 3. The minimum Gasteiger partial charge on any atom is -0.489 e. The third-order valence-electron chi connectivity index (χ3n) is 4.78. The Balaban J connectivity index is 1.67. The van der Waals surface area contributed by atoms with Crippen molar-refractivity contribution in [2.24, 2.45) is 0 Å². The van der Waals surface area contributed by atoms with Gasteiger partial charge < -0.3 is 19.1 Å². The lowest BCUT2D eigenvalue weighted by Crippen LogP contribution is -2.39. The number of aryl methyl sites for hydroxylation is 1. The van der Waals surface area contributed by atoms with Gasteiger partial charge in [-0.2, -0.15) is 0 Å². The number of esters is 1. The van der Waals surface area contributed by atoms with Gasteiger partial charge in [-0.25, -0.2) is 14.8 Å². The molecule has 1 aliphatic rings. The first-order valence-electron chi connectivity index (χ1n) is 9.19. The average Bonchev–Trinajstić information content (AvgIpc) is 2.74. The molecular formula is C21H25N3O4. The Morgan fingerprint density at radius 2 is 2.04 bits per heavy atom. The molecule has 1 saturated heterocycles. The minimum absolute atomic E-state index is 0.125. The first kappa shape index (κ1) is 19.7. The molecule has 1 aliphatic heterocycles. The fraction of sp³-hybridized carbons (Fsp3) is 0.381. The topological polar surface area (TPSA) is 73.8 Å². The Bertz CT molecular complexity index is 843. The van der Waals surface area contributed by atoms with Gasteiger partial charge in [0.2, 0.25) is 5.88 Å². The van der Waals surface area contributed by atoms with Crippen LogP contribution >= 0.6 is 0 Å². The molecule has 7 nitrogen and oxygen atoms in total. The zero-order valence-corrected chi connectivity index (χ0v) is 16.5. The van der Waals surface area contributed by atoms with Gasteiger partial charge in [0.15, 0.2) is 0 Å². The van der Waals surface area contributed by atoms with Crippen molar-refractivity contribution in [1.29, 1.82) is 0 Å². The quantitative estimate of drug-likeness (QED) is 0.709. The van der Waals surface area contributed by atoms with Crippen LogP contribution in [0.15, 0.2) is 31.0 Å². The monoisotopic (exact) mass is 383 g/mol. The Labute approximate surface area is 165 Å². The van der Waals surface area contributed by atoms with E-state index >= 15 is 0 Å². The number of rotatable bonds is 6. The molecule has 3 heterocycles. The predicted octanol–water partition coefficient (Wildman–Crippen LogP) is 3.27. The van der Waals surface area contributed by atoms with Crippen molar-refractivity contribution in [1.82, 2.24) is 9.97 Å². The molecule has 2 aromatic rings. The molecule has 7 heteroatoms. The molecule has 0 spiro atoms. The molecule has 0 radical (unpaired) electrons. The van der Waals surface area contributed by atoms with E-state index in [-0.39, 0.29) is 6.10 Å². The van der Waals surface area contributed by atoms with E-state index in [0.29, 0.717) is 17.1 Å². The number of anilines is 1. The summed E-state index contributed by atoms with van der Waals surface area (Å²) in [6, 6.07) is 5.47. The van der Waals surface area contributed by atoms with Crippen molar-refractivity contribution >= 4 is 17.9 Å². The van der Waals surface area contributed by atoms with Gasteiger partial charge >= 0.3 is 5.97 Å². The Morgan fingerprint density at radius 1 is 1.29 bits per heavy atom. The van der Waals surface area contributed by atoms with E-state index in [1.54, 1.807) is 25.4 Å². The fourth-order valence-corrected chi connectivity index (χ4v) is 3.30. The summed E-state index contributed by atoms with van der Waals surface area (Å²) in [5, 5.41) is 0. The van der Waals surface area contributed by atoms with Gasteiger partial charge in [-0.3, -0.25) is 0 Å². The maximum atomic E-state index is 11.9. The second kappa shape index (κ2) is 8.73. The lowest BCUT2D eigenvalue weighted by Gasteiger charge is -2.34. The largest absolute Gasteiger partial charge is 0.489 e. The third kappa shape index (κ3) is 4.24. The molecule has 0 unspecified atom stereocenters. The minimum atomic E-state index is -0.405. The van der Waals surface area contributed by atoms with Gasteiger partial charge in [0.05, 0.1) is 31.7 Å². The molecular weight excluding hydrogens is 358 g/mol. The Hall–Kier alpha value is -3.09. The van der Waals surface area contributed by atoms with Crippen LogP contribution in [0.5, 0.6) is 11.6 Å². The van der Waals surface area contributed by atoms with Crippen molar-refractivity contribution in [3.05, 3.63) is 47.8 Å². The van der Waals surface area contributed by atoms with Crippen LogP contribution in [-0.2, 0) is 4.74 Å². The lowest BCUT2D eigenvalue weighted by atomic mass is 10.1. The zero-order chi connectivity index (χ0) is 20.1. The van der Waals surface area contributed by atoms with Crippen molar-refractivity contribution in [3.8, 4) is 11.6 Å². The molecule has 2 aromatic heterocycles. The van der Waals surface area contributed by atoms with E-state index < -0.39 is 5.97 Å². The molecule has 0 bridgehead atoms.